The van der Waals surface area contributed by atoms with Gasteiger partial charge in [-0.1, -0.05) is 0 Å². The van der Waals surface area contributed by atoms with Crippen LogP contribution in [0, 0.1) is 0 Å². The van der Waals surface area contributed by atoms with Crippen molar-refractivity contribution >= 4 is 11.9 Å². The Hall–Kier alpha value is -1.77. The van der Waals surface area contributed by atoms with E-state index in [-0.39, 0.29) is 12.5 Å². The third kappa shape index (κ3) is 5.12. The van der Waals surface area contributed by atoms with Crippen LogP contribution in [0.4, 0.5) is 5.95 Å². The van der Waals surface area contributed by atoms with Crippen molar-refractivity contribution in [2.75, 3.05) is 65.5 Å². The van der Waals surface area contributed by atoms with Gasteiger partial charge >= 0.3 is 0 Å². The van der Waals surface area contributed by atoms with E-state index in [1.165, 1.54) is 0 Å². The van der Waals surface area contributed by atoms with E-state index in [1.54, 1.807) is 18.2 Å². The van der Waals surface area contributed by atoms with Crippen LogP contribution in [-0.4, -0.2) is 81.4 Å². The van der Waals surface area contributed by atoms with Crippen molar-refractivity contribution in [3.8, 4) is 0 Å². The summed E-state index contributed by atoms with van der Waals surface area (Å²) in [5.41, 5.74) is 1.05. The lowest BCUT2D eigenvalue weighted by molar-refractivity contribution is 0.0383. The molecule has 0 atom stereocenters. The molecule has 0 spiro atoms. The molecule has 1 aliphatic rings. The number of morpholine rings is 1. The first-order valence-corrected chi connectivity index (χ1v) is 7.72. The van der Waals surface area contributed by atoms with Gasteiger partial charge in [-0.25, -0.2) is 9.97 Å². The average molecular weight is 323 g/mol. The Morgan fingerprint density at radius 1 is 1.43 bits per heavy atom. The lowest BCUT2D eigenvalue weighted by Crippen LogP contribution is -2.41. The summed E-state index contributed by atoms with van der Waals surface area (Å²) in [6.07, 6.45) is 1.56. The van der Waals surface area contributed by atoms with Gasteiger partial charge in [0.2, 0.25) is 5.95 Å². The molecule has 1 N–H and O–H groups in total. The van der Waals surface area contributed by atoms with E-state index in [1.807, 2.05) is 14.1 Å². The average Bonchev–Trinajstić information content (AvgIpc) is 2.56. The van der Waals surface area contributed by atoms with E-state index in [0.717, 1.165) is 32.8 Å². The first-order chi connectivity index (χ1) is 11.1. The van der Waals surface area contributed by atoms with Crippen LogP contribution in [0.3, 0.4) is 0 Å². The molecule has 8 heteroatoms. The third-order valence-corrected chi connectivity index (χ3v) is 3.60. The van der Waals surface area contributed by atoms with E-state index in [9.17, 15) is 4.79 Å². The molecule has 1 fully saturated rings. The van der Waals surface area contributed by atoms with Gasteiger partial charge < -0.3 is 19.7 Å². The third-order valence-electron chi connectivity index (χ3n) is 3.60. The van der Waals surface area contributed by atoms with Crippen molar-refractivity contribution in [2.45, 2.75) is 6.61 Å². The zero-order chi connectivity index (χ0) is 16.7. The summed E-state index contributed by atoms with van der Waals surface area (Å²) in [7, 11) is 5.29. The van der Waals surface area contributed by atoms with Crippen LogP contribution >= 0.6 is 0 Å². The molecule has 0 saturated carbocycles. The van der Waals surface area contributed by atoms with Gasteiger partial charge in [-0.2, -0.15) is 0 Å². The summed E-state index contributed by atoms with van der Waals surface area (Å²) < 4.78 is 10.4. The molecule has 0 bridgehead atoms. The summed E-state index contributed by atoms with van der Waals surface area (Å²) in [5.74, 6) is 0.387. The van der Waals surface area contributed by atoms with Crippen LogP contribution in [0.15, 0.2) is 6.20 Å². The van der Waals surface area contributed by atoms with Crippen molar-refractivity contribution in [1.29, 1.82) is 0 Å². The number of amides is 1. The van der Waals surface area contributed by atoms with Crippen LogP contribution in [0.25, 0.3) is 0 Å². The molecule has 8 nitrogen and oxygen atoms in total. The van der Waals surface area contributed by atoms with Crippen molar-refractivity contribution < 1.29 is 14.3 Å². The second-order valence-corrected chi connectivity index (χ2v) is 5.57. The molecule has 0 unspecified atom stereocenters. The number of hydrogen-bond donors (Lipinski definition) is 1. The van der Waals surface area contributed by atoms with Gasteiger partial charge in [0.25, 0.3) is 5.91 Å². The van der Waals surface area contributed by atoms with Gasteiger partial charge in [0.15, 0.2) is 0 Å². The molecule has 1 aromatic rings. The van der Waals surface area contributed by atoms with Crippen LogP contribution in [-0.2, 0) is 16.1 Å². The van der Waals surface area contributed by atoms with E-state index < -0.39 is 0 Å². The zero-order valence-electron chi connectivity index (χ0n) is 14.0. The van der Waals surface area contributed by atoms with Gasteiger partial charge in [-0.3, -0.25) is 9.69 Å². The fourth-order valence-corrected chi connectivity index (χ4v) is 2.31. The van der Waals surface area contributed by atoms with E-state index in [0.29, 0.717) is 23.8 Å². The molecule has 128 valence electrons. The van der Waals surface area contributed by atoms with Crippen molar-refractivity contribution in [1.82, 2.24) is 20.2 Å². The van der Waals surface area contributed by atoms with Gasteiger partial charge in [-0.15, -0.1) is 0 Å². The predicted octanol–water partition coefficient (Wildman–Crippen LogP) is -0.249. The van der Waals surface area contributed by atoms with Gasteiger partial charge in [0.05, 0.1) is 31.1 Å². The molecule has 1 amide bonds. The molecule has 1 saturated heterocycles. The molecule has 0 aromatic carbocycles. The Labute approximate surface area is 136 Å². The maximum atomic E-state index is 12.4. The fourth-order valence-electron chi connectivity index (χ4n) is 2.31. The summed E-state index contributed by atoms with van der Waals surface area (Å²) in [5, 5.41) is 2.92. The van der Waals surface area contributed by atoms with Crippen LogP contribution < -0.4 is 10.2 Å². The Balaban J connectivity index is 1.94. The predicted molar refractivity (Wildman–Crippen MR) is 86.7 cm³/mol. The second kappa shape index (κ2) is 8.76. The highest BCUT2D eigenvalue weighted by Gasteiger charge is 2.16. The number of carbonyl (C=O) groups is 1. The molecule has 2 rings (SSSR count). The van der Waals surface area contributed by atoms with E-state index in [4.69, 9.17) is 9.47 Å². The quantitative estimate of drug-likeness (QED) is 0.741. The molecule has 23 heavy (non-hydrogen) atoms. The van der Waals surface area contributed by atoms with Crippen LogP contribution in [0.1, 0.15) is 16.1 Å². The Morgan fingerprint density at radius 2 is 2.17 bits per heavy atom. The Morgan fingerprint density at radius 3 is 2.83 bits per heavy atom. The highest BCUT2D eigenvalue weighted by Crippen LogP contribution is 2.11. The topological polar surface area (TPSA) is 79.8 Å². The number of rotatable bonds is 7. The van der Waals surface area contributed by atoms with Gasteiger partial charge in [0, 0.05) is 53.6 Å². The first-order valence-electron chi connectivity index (χ1n) is 7.72. The fraction of sp³-hybridized carbons (Fsp3) is 0.667. The smallest absolute Gasteiger partial charge is 0.254 e. The van der Waals surface area contributed by atoms with Crippen molar-refractivity contribution in [3.05, 3.63) is 17.5 Å². The number of hydrogen-bond acceptors (Lipinski definition) is 7. The van der Waals surface area contributed by atoms with Gasteiger partial charge in [0.1, 0.15) is 0 Å². The molecule has 0 aliphatic carbocycles. The highest BCUT2D eigenvalue weighted by molar-refractivity contribution is 5.95. The van der Waals surface area contributed by atoms with Crippen LogP contribution in [0.2, 0.25) is 0 Å². The number of nitrogens with zero attached hydrogens (tertiary/aromatic N) is 4. The number of ether oxygens (including phenoxy) is 2. The SMILES string of the molecule is COCc1nc(N(C)C)ncc1C(=O)NCCN1CCOCC1. The molecule has 2 heterocycles. The Bertz CT molecular complexity index is 518. The molecular weight excluding hydrogens is 298 g/mol. The lowest BCUT2D eigenvalue weighted by Gasteiger charge is -2.26. The second-order valence-electron chi connectivity index (χ2n) is 5.57. The largest absolute Gasteiger partial charge is 0.379 e. The molecule has 0 radical (unpaired) electrons. The van der Waals surface area contributed by atoms with E-state index in [2.05, 4.69) is 20.2 Å². The normalized spacial score (nSPS) is 15.4. The minimum absolute atomic E-state index is 0.171. The molecule has 1 aromatic heterocycles. The highest BCUT2D eigenvalue weighted by atomic mass is 16.5. The molecular formula is C15H25N5O3. The van der Waals surface area contributed by atoms with E-state index >= 15 is 0 Å². The zero-order valence-corrected chi connectivity index (χ0v) is 14.0. The first kappa shape index (κ1) is 17.6. The van der Waals surface area contributed by atoms with Gasteiger partial charge in [-0.05, 0) is 0 Å². The maximum Gasteiger partial charge on any atom is 0.254 e. The number of aromatic nitrogens is 2. The lowest BCUT2D eigenvalue weighted by atomic mass is 10.2. The summed E-state index contributed by atoms with van der Waals surface area (Å²) in [6.45, 7) is 5.00. The summed E-state index contributed by atoms with van der Waals surface area (Å²) in [4.78, 5) is 25.0. The van der Waals surface area contributed by atoms with Crippen molar-refractivity contribution in [2.24, 2.45) is 0 Å². The monoisotopic (exact) mass is 323 g/mol. The Kier molecular flexibility index (Phi) is 6.69. The maximum absolute atomic E-state index is 12.4. The van der Waals surface area contributed by atoms with Crippen LogP contribution in [0.5, 0.6) is 0 Å². The number of carbonyl (C=O) groups excluding carboxylic acids is 1. The number of nitrogens with one attached hydrogen (secondary N) is 1. The number of methoxy groups -OCH3 is 1. The minimum Gasteiger partial charge on any atom is -0.379 e. The minimum atomic E-state index is -0.171. The summed E-state index contributed by atoms with van der Waals surface area (Å²) in [6, 6.07) is 0. The van der Waals surface area contributed by atoms with Crippen molar-refractivity contribution in [3.63, 3.8) is 0 Å². The number of anilines is 1. The summed E-state index contributed by atoms with van der Waals surface area (Å²) >= 11 is 0. The molecule has 1 aliphatic heterocycles. The standard InChI is InChI=1S/C15H25N5O3/c1-19(2)15-17-10-12(13(18-15)11-22-3)14(21)16-4-5-20-6-8-23-9-7-20/h10H,4-9,11H2,1-3H3,(H,16,21).